The zero-order chi connectivity index (χ0) is 14.4. The number of rotatable bonds is 2. The van der Waals surface area contributed by atoms with Crippen LogP contribution >= 0.6 is 59.1 Å². The van der Waals surface area contributed by atoms with E-state index in [1.807, 2.05) is 18.2 Å². The zero-order valence-corrected chi connectivity index (χ0v) is 15.8. The van der Waals surface area contributed by atoms with Crippen LogP contribution in [0.2, 0.25) is 0 Å². The summed E-state index contributed by atoms with van der Waals surface area (Å²) in [5.41, 5.74) is 2.45. The third kappa shape index (κ3) is 2.45. The average Bonchev–Trinajstić information content (AvgIpc) is 2.90. The lowest BCUT2D eigenvalue weighted by atomic mass is 10.1. The number of benzene rings is 1. The molecular weight excluding hydrogens is 474 g/mol. The average molecular weight is 482 g/mol. The molecule has 7 heteroatoms. The van der Waals surface area contributed by atoms with Gasteiger partial charge in [0.25, 0.3) is 0 Å². The van der Waals surface area contributed by atoms with Crippen molar-refractivity contribution in [1.82, 2.24) is 4.57 Å². The van der Waals surface area contributed by atoms with Gasteiger partial charge in [-0.3, -0.25) is 4.57 Å². The highest BCUT2D eigenvalue weighted by Gasteiger charge is 2.17. The van der Waals surface area contributed by atoms with Gasteiger partial charge in [-0.05, 0) is 55.6 Å². The molecule has 0 amide bonds. The number of halogens is 3. The number of aryl methyl sites for hydroxylation is 1. The summed E-state index contributed by atoms with van der Waals surface area (Å²) >= 11 is 12.3. The van der Waals surface area contributed by atoms with Crippen molar-refractivity contribution < 1.29 is 4.42 Å². The summed E-state index contributed by atoms with van der Waals surface area (Å²) in [5.74, 6) is -0.343. The Kier molecular flexibility index (Phi) is 3.96. The molecule has 0 aliphatic carbocycles. The summed E-state index contributed by atoms with van der Waals surface area (Å²) in [7, 11) is 1.70. The molecule has 1 atom stereocenters. The first-order valence-corrected chi connectivity index (χ1v) is 8.97. The van der Waals surface area contributed by atoms with Crippen LogP contribution in [0, 0.1) is 0 Å². The first-order valence-electron chi connectivity index (χ1n) is 5.65. The van der Waals surface area contributed by atoms with E-state index in [2.05, 4.69) is 53.9 Å². The number of nitrogens with zero attached hydrogens (tertiary/aromatic N) is 1. The Labute approximate surface area is 144 Å². The molecule has 0 aliphatic heterocycles. The molecule has 0 aliphatic rings. The van der Waals surface area contributed by atoms with Crippen LogP contribution < -0.4 is 5.76 Å². The number of thiophene rings is 1. The SMILES string of the molecule is Cn1c(=O)oc2cc(C(Br)c3cc(Br)c(Br)s3)ccc21. The fourth-order valence-electron chi connectivity index (χ4n) is 1.96. The van der Waals surface area contributed by atoms with Gasteiger partial charge in [0.05, 0.1) is 14.1 Å². The van der Waals surface area contributed by atoms with Crippen LogP contribution in [0.25, 0.3) is 11.1 Å². The molecule has 0 radical (unpaired) electrons. The summed E-state index contributed by atoms with van der Waals surface area (Å²) in [4.78, 5) is 12.7. The zero-order valence-electron chi connectivity index (χ0n) is 10.2. The van der Waals surface area contributed by atoms with Gasteiger partial charge in [0, 0.05) is 16.4 Å². The van der Waals surface area contributed by atoms with Crippen molar-refractivity contribution in [3.05, 3.63) is 53.5 Å². The maximum atomic E-state index is 11.5. The van der Waals surface area contributed by atoms with Crippen molar-refractivity contribution in [2.45, 2.75) is 4.83 Å². The van der Waals surface area contributed by atoms with Gasteiger partial charge in [-0.1, -0.05) is 22.0 Å². The van der Waals surface area contributed by atoms with Crippen molar-refractivity contribution in [2.24, 2.45) is 7.05 Å². The molecule has 0 bridgehead atoms. The molecule has 3 nitrogen and oxygen atoms in total. The number of oxazole rings is 1. The second-order valence-electron chi connectivity index (χ2n) is 4.29. The van der Waals surface area contributed by atoms with Gasteiger partial charge >= 0.3 is 5.76 Å². The van der Waals surface area contributed by atoms with Crippen LogP contribution in [0.15, 0.2) is 41.7 Å². The lowest BCUT2D eigenvalue weighted by molar-refractivity contribution is 0.528. The van der Waals surface area contributed by atoms with Gasteiger partial charge in [-0.15, -0.1) is 11.3 Å². The molecule has 3 rings (SSSR count). The maximum Gasteiger partial charge on any atom is 0.419 e. The van der Waals surface area contributed by atoms with Crippen LogP contribution in [0.5, 0.6) is 0 Å². The predicted octanol–water partition coefficient (Wildman–Crippen LogP) is 5.20. The summed E-state index contributed by atoms with van der Waals surface area (Å²) < 4.78 is 8.82. The summed E-state index contributed by atoms with van der Waals surface area (Å²) in [6.07, 6.45) is 0. The lowest BCUT2D eigenvalue weighted by Crippen LogP contribution is -2.08. The first-order chi connectivity index (χ1) is 9.47. The highest BCUT2D eigenvalue weighted by molar-refractivity contribution is 9.13. The molecule has 1 aromatic carbocycles. The van der Waals surface area contributed by atoms with Crippen molar-refractivity contribution in [1.29, 1.82) is 0 Å². The normalized spacial score (nSPS) is 13.0. The maximum absolute atomic E-state index is 11.5. The Bertz CT molecular complexity index is 830. The number of fused-ring (bicyclic) bond motifs is 1. The summed E-state index contributed by atoms with van der Waals surface area (Å²) in [6, 6.07) is 7.87. The molecule has 0 saturated heterocycles. The second-order valence-corrected chi connectivity index (χ2v) is 8.46. The molecule has 104 valence electrons. The van der Waals surface area contributed by atoms with Crippen molar-refractivity contribution >= 4 is 70.2 Å². The Morgan fingerprint density at radius 3 is 2.70 bits per heavy atom. The van der Waals surface area contributed by atoms with Crippen molar-refractivity contribution in [2.75, 3.05) is 0 Å². The van der Waals surface area contributed by atoms with Crippen LogP contribution in [0.1, 0.15) is 15.3 Å². The van der Waals surface area contributed by atoms with E-state index < -0.39 is 0 Å². The summed E-state index contributed by atoms with van der Waals surface area (Å²) in [5, 5.41) is 0. The van der Waals surface area contributed by atoms with E-state index in [0.717, 1.165) is 19.3 Å². The largest absolute Gasteiger partial charge is 0.419 e. The highest BCUT2D eigenvalue weighted by Crippen LogP contribution is 2.41. The van der Waals surface area contributed by atoms with Gasteiger partial charge in [0.15, 0.2) is 5.58 Å². The van der Waals surface area contributed by atoms with Crippen molar-refractivity contribution in [3.63, 3.8) is 0 Å². The second kappa shape index (κ2) is 5.44. The van der Waals surface area contributed by atoms with Gasteiger partial charge in [-0.25, -0.2) is 4.79 Å². The van der Waals surface area contributed by atoms with E-state index in [1.54, 1.807) is 18.4 Å². The Morgan fingerprint density at radius 2 is 2.05 bits per heavy atom. The van der Waals surface area contributed by atoms with Gasteiger partial charge < -0.3 is 4.42 Å². The fraction of sp³-hybridized carbons (Fsp3) is 0.154. The van der Waals surface area contributed by atoms with Crippen LogP contribution in [-0.4, -0.2) is 4.57 Å². The molecule has 2 aromatic heterocycles. The Balaban J connectivity index is 2.07. The van der Waals surface area contributed by atoms with Crippen molar-refractivity contribution in [3.8, 4) is 0 Å². The van der Waals surface area contributed by atoms with Gasteiger partial charge in [-0.2, -0.15) is 0 Å². The molecule has 3 aromatic rings. The quantitative estimate of drug-likeness (QED) is 0.471. The molecular formula is C13H8Br3NO2S. The van der Waals surface area contributed by atoms with Crippen LogP contribution in [0.4, 0.5) is 0 Å². The molecule has 0 spiro atoms. The predicted molar refractivity (Wildman–Crippen MR) is 91.9 cm³/mol. The van der Waals surface area contributed by atoms with E-state index >= 15 is 0 Å². The summed E-state index contributed by atoms with van der Waals surface area (Å²) in [6.45, 7) is 0. The smallest absolute Gasteiger partial charge is 0.408 e. The molecule has 1 unspecified atom stereocenters. The first kappa shape index (κ1) is 14.6. The van der Waals surface area contributed by atoms with E-state index in [4.69, 9.17) is 4.42 Å². The number of hydrogen-bond donors (Lipinski definition) is 0. The minimum atomic E-state index is -0.343. The van der Waals surface area contributed by atoms with E-state index in [-0.39, 0.29) is 10.6 Å². The molecule has 0 saturated carbocycles. The Hall–Kier alpha value is -0.370. The van der Waals surface area contributed by atoms with Gasteiger partial charge in [0.2, 0.25) is 0 Å². The standard InChI is InChI=1S/C13H8Br3NO2S/c1-17-8-3-2-6(4-9(8)19-13(17)18)11(15)10-5-7(14)12(16)20-10/h2-5,11H,1H3. The van der Waals surface area contributed by atoms with E-state index in [1.165, 1.54) is 9.44 Å². The number of alkyl halides is 1. The van der Waals surface area contributed by atoms with E-state index in [0.29, 0.717) is 5.58 Å². The monoisotopic (exact) mass is 479 g/mol. The minimum Gasteiger partial charge on any atom is -0.408 e. The van der Waals surface area contributed by atoms with Gasteiger partial charge in [0.1, 0.15) is 0 Å². The Morgan fingerprint density at radius 1 is 1.30 bits per heavy atom. The van der Waals surface area contributed by atoms with Crippen LogP contribution in [-0.2, 0) is 7.05 Å². The van der Waals surface area contributed by atoms with Crippen LogP contribution in [0.3, 0.4) is 0 Å². The fourth-order valence-corrected chi connectivity index (χ4v) is 4.75. The highest BCUT2D eigenvalue weighted by atomic mass is 79.9. The topological polar surface area (TPSA) is 35.1 Å². The third-order valence-electron chi connectivity index (χ3n) is 3.02. The minimum absolute atomic E-state index is 0.0602. The third-order valence-corrected chi connectivity index (χ3v) is 7.67. The molecule has 20 heavy (non-hydrogen) atoms. The molecule has 0 fully saturated rings. The van der Waals surface area contributed by atoms with E-state index in [9.17, 15) is 4.79 Å². The number of hydrogen-bond acceptors (Lipinski definition) is 3. The lowest BCUT2D eigenvalue weighted by Gasteiger charge is -2.07. The molecule has 0 N–H and O–H groups in total. The number of aromatic nitrogens is 1. The molecule has 2 heterocycles.